The lowest BCUT2D eigenvalue weighted by Crippen LogP contribution is -1.89. The van der Waals surface area contributed by atoms with Gasteiger partial charge < -0.3 is 4.98 Å². The van der Waals surface area contributed by atoms with E-state index in [2.05, 4.69) is 76.4 Å². The maximum Gasteiger partial charge on any atom is 0.0510 e. The standard InChI is InChI=1S/C20H14BrN/c1-11-17-14-8-4-5-9-16(14)22-20(17)15-10-12-6-2-3-7-13(12)18(15)19(11)21/h2-9,22H,10H2,1H3. The van der Waals surface area contributed by atoms with Crippen molar-refractivity contribution in [3.8, 4) is 11.1 Å². The van der Waals surface area contributed by atoms with Crippen molar-refractivity contribution in [1.29, 1.82) is 0 Å². The highest BCUT2D eigenvalue weighted by atomic mass is 79.9. The van der Waals surface area contributed by atoms with E-state index in [4.69, 9.17) is 0 Å². The van der Waals surface area contributed by atoms with Gasteiger partial charge >= 0.3 is 0 Å². The topological polar surface area (TPSA) is 15.8 Å². The summed E-state index contributed by atoms with van der Waals surface area (Å²) in [6.07, 6.45) is 1.01. The smallest absolute Gasteiger partial charge is 0.0510 e. The molecule has 1 nitrogen and oxygen atoms in total. The van der Waals surface area contributed by atoms with Crippen LogP contribution in [0.3, 0.4) is 0 Å². The van der Waals surface area contributed by atoms with Gasteiger partial charge in [0.15, 0.2) is 0 Å². The van der Waals surface area contributed by atoms with E-state index in [1.807, 2.05) is 0 Å². The molecular weight excluding hydrogens is 334 g/mol. The zero-order valence-electron chi connectivity index (χ0n) is 12.2. The first kappa shape index (κ1) is 12.5. The van der Waals surface area contributed by atoms with Crippen molar-refractivity contribution >= 4 is 37.7 Å². The normalized spacial score (nSPS) is 12.8. The highest BCUT2D eigenvalue weighted by molar-refractivity contribution is 9.10. The van der Waals surface area contributed by atoms with Crippen LogP contribution in [0.1, 0.15) is 16.7 Å². The van der Waals surface area contributed by atoms with E-state index in [9.17, 15) is 0 Å². The molecule has 0 bridgehead atoms. The van der Waals surface area contributed by atoms with Crippen molar-refractivity contribution in [2.75, 3.05) is 0 Å². The summed E-state index contributed by atoms with van der Waals surface area (Å²) in [5, 5.41) is 2.67. The lowest BCUT2D eigenvalue weighted by atomic mass is 9.98. The summed E-state index contributed by atoms with van der Waals surface area (Å²) < 4.78 is 1.24. The number of aromatic nitrogens is 1. The number of para-hydroxylation sites is 1. The Labute approximate surface area is 137 Å². The highest BCUT2D eigenvalue weighted by Gasteiger charge is 2.26. The molecule has 1 aliphatic carbocycles. The third-order valence-electron chi connectivity index (χ3n) is 4.89. The maximum absolute atomic E-state index is 3.88. The first-order chi connectivity index (χ1) is 10.8. The second kappa shape index (κ2) is 4.23. The Bertz CT molecular complexity index is 1070. The zero-order chi connectivity index (χ0) is 14.8. The Kier molecular flexibility index (Phi) is 2.40. The van der Waals surface area contributed by atoms with Crippen LogP contribution in [0.4, 0.5) is 0 Å². The molecule has 1 N–H and O–H groups in total. The quantitative estimate of drug-likeness (QED) is 0.355. The highest BCUT2D eigenvalue weighted by Crippen LogP contribution is 2.47. The molecule has 0 saturated heterocycles. The third kappa shape index (κ3) is 1.43. The molecule has 0 fully saturated rings. The van der Waals surface area contributed by atoms with Crippen LogP contribution < -0.4 is 0 Å². The molecule has 106 valence electrons. The summed E-state index contributed by atoms with van der Waals surface area (Å²) in [6, 6.07) is 17.3. The number of nitrogens with one attached hydrogen (secondary N) is 1. The van der Waals surface area contributed by atoms with Gasteiger partial charge in [-0.3, -0.25) is 0 Å². The molecule has 0 amide bonds. The Morgan fingerprint density at radius 1 is 1.00 bits per heavy atom. The number of benzene rings is 3. The van der Waals surface area contributed by atoms with E-state index < -0.39 is 0 Å². The van der Waals surface area contributed by atoms with Crippen LogP contribution >= 0.6 is 15.9 Å². The fourth-order valence-corrected chi connectivity index (χ4v) is 4.53. The molecule has 22 heavy (non-hydrogen) atoms. The van der Waals surface area contributed by atoms with Gasteiger partial charge in [-0.25, -0.2) is 0 Å². The molecule has 0 radical (unpaired) electrons. The fourth-order valence-electron chi connectivity index (χ4n) is 3.88. The van der Waals surface area contributed by atoms with Gasteiger partial charge in [-0.1, -0.05) is 42.5 Å². The third-order valence-corrected chi connectivity index (χ3v) is 5.88. The summed E-state index contributed by atoms with van der Waals surface area (Å²) in [5.41, 5.74) is 9.42. The Hall–Kier alpha value is -2.06. The number of hydrogen-bond donors (Lipinski definition) is 1. The SMILES string of the molecule is Cc1c(Br)c2c(c3[nH]c4ccccc4c13)Cc1ccccc1-2. The van der Waals surface area contributed by atoms with Crippen LogP contribution in [-0.4, -0.2) is 4.98 Å². The monoisotopic (exact) mass is 347 g/mol. The second-order valence-corrected chi connectivity index (χ2v) is 6.84. The van der Waals surface area contributed by atoms with Gasteiger partial charge in [0.25, 0.3) is 0 Å². The minimum Gasteiger partial charge on any atom is -0.354 e. The van der Waals surface area contributed by atoms with E-state index in [1.165, 1.54) is 54.1 Å². The predicted molar refractivity (Wildman–Crippen MR) is 96.5 cm³/mol. The van der Waals surface area contributed by atoms with Crippen molar-refractivity contribution in [2.45, 2.75) is 13.3 Å². The van der Waals surface area contributed by atoms with Crippen LogP contribution in [0.2, 0.25) is 0 Å². The summed E-state index contributed by atoms with van der Waals surface area (Å²) >= 11 is 3.88. The molecule has 5 rings (SSSR count). The number of hydrogen-bond acceptors (Lipinski definition) is 0. The molecule has 0 saturated carbocycles. The summed E-state index contributed by atoms with van der Waals surface area (Å²) in [6.45, 7) is 2.22. The van der Waals surface area contributed by atoms with Crippen LogP contribution in [-0.2, 0) is 6.42 Å². The first-order valence-electron chi connectivity index (χ1n) is 7.55. The van der Waals surface area contributed by atoms with Gasteiger partial charge in [0.05, 0.1) is 5.52 Å². The number of aromatic amines is 1. The van der Waals surface area contributed by atoms with Crippen molar-refractivity contribution in [2.24, 2.45) is 0 Å². The number of rotatable bonds is 0. The first-order valence-corrected chi connectivity index (χ1v) is 8.34. The average Bonchev–Trinajstić information content (AvgIpc) is 3.11. The Morgan fingerprint density at radius 3 is 2.68 bits per heavy atom. The van der Waals surface area contributed by atoms with E-state index in [-0.39, 0.29) is 0 Å². The molecule has 3 aromatic carbocycles. The minimum absolute atomic E-state index is 1.01. The Balaban J connectivity index is 2.02. The zero-order valence-corrected chi connectivity index (χ0v) is 13.8. The van der Waals surface area contributed by atoms with E-state index >= 15 is 0 Å². The number of fused-ring (bicyclic) bond motifs is 7. The number of aryl methyl sites for hydroxylation is 1. The summed E-state index contributed by atoms with van der Waals surface area (Å²) in [4.78, 5) is 3.66. The van der Waals surface area contributed by atoms with Crippen molar-refractivity contribution in [1.82, 2.24) is 4.98 Å². The largest absolute Gasteiger partial charge is 0.354 e. The average molecular weight is 348 g/mol. The molecule has 0 unspecified atom stereocenters. The lowest BCUT2D eigenvalue weighted by Gasteiger charge is -2.10. The lowest BCUT2D eigenvalue weighted by molar-refractivity contribution is 1.27. The second-order valence-electron chi connectivity index (χ2n) is 6.05. The van der Waals surface area contributed by atoms with Crippen LogP contribution in [0.25, 0.3) is 32.9 Å². The molecule has 1 aromatic heterocycles. The summed E-state index contributed by atoms with van der Waals surface area (Å²) in [5.74, 6) is 0. The molecule has 4 aromatic rings. The van der Waals surface area contributed by atoms with E-state index in [0.29, 0.717) is 0 Å². The molecule has 2 heteroatoms. The van der Waals surface area contributed by atoms with Gasteiger partial charge in [0, 0.05) is 32.7 Å². The van der Waals surface area contributed by atoms with Gasteiger partial charge in [0.2, 0.25) is 0 Å². The molecule has 0 atom stereocenters. The number of halogens is 1. The van der Waals surface area contributed by atoms with Gasteiger partial charge in [0.1, 0.15) is 0 Å². The van der Waals surface area contributed by atoms with Crippen molar-refractivity contribution in [3.63, 3.8) is 0 Å². The van der Waals surface area contributed by atoms with Gasteiger partial charge in [-0.2, -0.15) is 0 Å². The molecule has 1 aliphatic rings. The van der Waals surface area contributed by atoms with Crippen LogP contribution in [0.5, 0.6) is 0 Å². The fraction of sp³-hybridized carbons (Fsp3) is 0.100. The molecular formula is C20H14BrN. The maximum atomic E-state index is 3.88. The van der Waals surface area contributed by atoms with Gasteiger partial charge in [-0.15, -0.1) is 0 Å². The number of H-pyrrole nitrogens is 1. The van der Waals surface area contributed by atoms with Crippen molar-refractivity contribution < 1.29 is 0 Å². The molecule has 1 heterocycles. The predicted octanol–water partition coefficient (Wildman–Crippen LogP) is 5.96. The van der Waals surface area contributed by atoms with E-state index in [1.54, 1.807) is 0 Å². The molecule has 0 aliphatic heterocycles. The summed E-state index contributed by atoms with van der Waals surface area (Å²) in [7, 11) is 0. The van der Waals surface area contributed by atoms with Crippen LogP contribution in [0.15, 0.2) is 53.0 Å². The van der Waals surface area contributed by atoms with Crippen LogP contribution in [0, 0.1) is 6.92 Å². The van der Waals surface area contributed by atoms with Crippen molar-refractivity contribution in [3.05, 3.63) is 69.7 Å². The molecule has 0 spiro atoms. The van der Waals surface area contributed by atoms with E-state index in [0.717, 1.165) is 6.42 Å². The minimum atomic E-state index is 1.01. The Morgan fingerprint density at radius 2 is 1.77 bits per heavy atom. The van der Waals surface area contributed by atoms with Gasteiger partial charge in [-0.05, 0) is 51.2 Å².